The number of hydrogen-bond acceptors (Lipinski definition) is 4. The van der Waals surface area contributed by atoms with Crippen molar-refractivity contribution in [3.8, 4) is 17.0 Å². The molecule has 4 rings (SSSR count). The number of carbonyl (C=O) groups is 1. The average Bonchev–Trinajstić information content (AvgIpc) is 3.22. The van der Waals surface area contributed by atoms with E-state index in [1.807, 2.05) is 0 Å². The number of benzene rings is 1. The van der Waals surface area contributed by atoms with Crippen molar-refractivity contribution in [3.63, 3.8) is 0 Å². The standard InChI is InChI=1S/C17H17F3N4O3S/c18-15-11(1-2-13(25)16(15)24-8-14(26)22-28(24)27)12-7-23(9-21-12)10-3-5-17(19,20)6-4-10/h1-2,7,9-10,25H,3-6,8H2,(H,22,26). The van der Waals surface area contributed by atoms with Gasteiger partial charge in [-0.1, -0.05) is 0 Å². The fourth-order valence-electron chi connectivity index (χ4n) is 3.52. The molecule has 7 nitrogen and oxygen atoms in total. The lowest BCUT2D eigenvalue weighted by Crippen LogP contribution is -2.25. The van der Waals surface area contributed by atoms with Crippen molar-refractivity contribution in [2.75, 3.05) is 10.8 Å². The summed E-state index contributed by atoms with van der Waals surface area (Å²) in [5, 5.41) is 10.0. The molecule has 1 amide bonds. The minimum Gasteiger partial charge on any atom is -0.506 e. The van der Waals surface area contributed by atoms with Gasteiger partial charge in [-0.25, -0.2) is 22.4 Å². The van der Waals surface area contributed by atoms with Gasteiger partial charge in [0, 0.05) is 30.6 Å². The zero-order valence-electron chi connectivity index (χ0n) is 14.6. The Morgan fingerprint density at radius 3 is 2.64 bits per heavy atom. The van der Waals surface area contributed by atoms with Crippen molar-refractivity contribution in [2.45, 2.75) is 37.6 Å². The maximum Gasteiger partial charge on any atom is 0.253 e. The van der Waals surface area contributed by atoms with Crippen molar-refractivity contribution in [2.24, 2.45) is 0 Å². The summed E-state index contributed by atoms with van der Waals surface area (Å²) in [7, 11) is 0. The van der Waals surface area contributed by atoms with Gasteiger partial charge in [-0.05, 0) is 25.0 Å². The zero-order valence-corrected chi connectivity index (χ0v) is 15.4. The molecule has 1 aliphatic heterocycles. The molecule has 28 heavy (non-hydrogen) atoms. The predicted molar refractivity (Wildman–Crippen MR) is 95.4 cm³/mol. The van der Waals surface area contributed by atoms with Crippen molar-refractivity contribution >= 4 is 22.8 Å². The lowest BCUT2D eigenvalue weighted by Gasteiger charge is -2.28. The number of phenolic OH excluding ortho intramolecular Hbond substituents is 1. The number of nitrogens with one attached hydrogen (secondary N) is 1. The van der Waals surface area contributed by atoms with E-state index in [9.17, 15) is 22.9 Å². The number of rotatable bonds is 3. The molecule has 2 fully saturated rings. The minimum atomic E-state index is -2.64. The number of imidazole rings is 1. The normalized spacial score (nSPS) is 22.5. The van der Waals surface area contributed by atoms with Gasteiger partial charge in [0.2, 0.25) is 17.1 Å². The first kappa shape index (κ1) is 18.8. The van der Waals surface area contributed by atoms with E-state index in [2.05, 4.69) is 9.71 Å². The highest BCUT2D eigenvalue weighted by molar-refractivity contribution is 7.85. The van der Waals surface area contributed by atoms with Crippen LogP contribution in [-0.4, -0.2) is 37.2 Å². The lowest BCUT2D eigenvalue weighted by molar-refractivity contribution is -0.117. The average molecular weight is 414 g/mol. The van der Waals surface area contributed by atoms with Crippen LogP contribution in [0.25, 0.3) is 11.3 Å². The smallest absolute Gasteiger partial charge is 0.253 e. The largest absolute Gasteiger partial charge is 0.506 e. The number of alkyl halides is 2. The number of aromatic hydroxyl groups is 1. The maximum absolute atomic E-state index is 15.1. The number of anilines is 1. The molecule has 2 aromatic rings. The topological polar surface area (TPSA) is 87.5 Å². The first-order valence-corrected chi connectivity index (χ1v) is 9.78. The summed E-state index contributed by atoms with van der Waals surface area (Å²) in [5.74, 6) is -4.53. The molecule has 0 spiro atoms. The van der Waals surface area contributed by atoms with Gasteiger partial charge in [0.25, 0.3) is 5.91 Å². The molecule has 1 saturated heterocycles. The van der Waals surface area contributed by atoms with Crippen LogP contribution in [0.4, 0.5) is 18.9 Å². The fourth-order valence-corrected chi connectivity index (χ4v) is 4.47. The molecular weight excluding hydrogens is 397 g/mol. The number of phenols is 1. The van der Waals surface area contributed by atoms with Gasteiger partial charge in [0.05, 0.1) is 12.0 Å². The van der Waals surface area contributed by atoms with Crippen molar-refractivity contribution < 1.29 is 27.3 Å². The summed E-state index contributed by atoms with van der Waals surface area (Å²) in [4.78, 5) is 15.6. The van der Waals surface area contributed by atoms with E-state index in [0.717, 1.165) is 4.31 Å². The fraction of sp³-hybridized carbons (Fsp3) is 0.412. The number of aromatic nitrogens is 2. The first-order valence-electron chi connectivity index (χ1n) is 8.67. The van der Waals surface area contributed by atoms with E-state index in [4.69, 9.17) is 0 Å². The second kappa shape index (κ2) is 6.80. The molecule has 1 saturated carbocycles. The van der Waals surface area contributed by atoms with Gasteiger partial charge in [0.1, 0.15) is 18.0 Å². The number of amides is 1. The Bertz CT molecular complexity index is 955. The molecule has 2 aliphatic rings. The highest BCUT2D eigenvalue weighted by Crippen LogP contribution is 2.40. The molecule has 0 bridgehead atoms. The van der Waals surface area contributed by atoms with E-state index in [1.54, 1.807) is 10.8 Å². The summed E-state index contributed by atoms with van der Waals surface area (Å²) in [5.41, 5.74) is -0.0644. The van der Waals surface area contributed by atoms with Crippen LogP contribution in [0.2, 0.25) is 0 Å². The number of nitrogens with zero attached hydrogens (tertiary/aromatic N) is 3. The summed E-state index contributed by atoms with van der Waals surface area (Å²) in [6.45, 7) is -0.356. The van der Waals surface area contributed by atoms with Crippen LogP contribution in [0, 0.1) is 5.82 Å². The van der Waals surface area contributed by atoms with Crippen molar-refractivity contribution in [3.05, 3.63) is 30.5 Å². The zero-order chi connectivity index (χ0) is 20.1. The van der Waals surface area contributed by atoms with E-state index in [0.29, 0.717) is 12.8 Å². The number of hydrogen-bond donors (Lipinski definition) is 2. The molecule has 2 N–H and O–H groups in total. The van der Waals surface area contributed by atoms with Crippen LogP contribution in [0.1, 0.15) is 31.7 Å². The molecule has 150 valence electrons. The van der Waals surface area contributed by atoms with Crippen LogP contribution >= 0.6 is 0 Å². The molecule has 1 aliphatic carbocycles. The van der Waals surface area contributed by atoms with Crippen molar-refractivity contribution in [1.82, 2.24) is 14.3 Å². The van der Waals surface area contributed by atoms with Crippen LogP contribution in [-0.2, 0) is 16.0 Å². The van der Waals surface area contributed by atoms with E-state index >= 15 is 4.39 Å². The summed E-state index contributed by atoms with van der Waals surface area (Å²) in [6.07, 6.45) is 3.22. The molecule has 1 aromatic heterocycles. The molecular formula is C17H17F3N4O3S. The van der Waals surface area contributed by atoms with E-state index < -0.39 is 34.6 Å². The lowest BCUT2D eigenvalue weighted by atomic mass is 9.92. The highest BCUT2D eigenvalue weighted by atomic mass is 32.2. The molecule has 1 aromatic carbocycles. The SMILES string of the molecule is O=C1CN(c2c(O)ccc(-c3cn(C4CCC(F)(F)CC4)cn3)c2F)S(=O)N1. The third-order valence-corrected chi connectivity index (χ3v) is 6.13. The third-order valence-electron chi connectivity index (χ3n) is 5.02. The Balaban J connectivity index is 1.64. The van der Waals surface area contributed by atoms with Gasteiger partial charge >= 0.3 is 0 Å². The first-order chi connectivity index (χ1) is 13.2. The van der Waals surface area contributed by atoms with Gasteiger partial charge in [0.15, 0.2) is 5.82 Å². The van der Waals surface area contributed by atoms with Crippen molar-refractivity contribution in [1.29, 1.82) is 0 Å². The Morgan fingerprint density at radius 2 is 2.00 bits per heavy atom. The Hall–Kier alpha value is -2.56. The minimum absolute atomic E-state index is 0.0454. The molecule has 1 atom stereocenters. The number of halogens is 3. The van der Waals surface area contributed by atoms with Crippen LogP contribution in [0.3, 0.4) is 0 Å². The van der Waals surface area contributed by atoms with E-state index in [-0.39, 0.29) is 42.4 Å². The van der Waals surface area contributed by atoms with Gasteiger partial charge in [-0.3, -0.25) is 13.8 Å². The van der Waals surface area contributed by atoms with Gasteiger partial charge < -0.3 is 9.67 Å². The monoisotopic (exact) mass is 414 g/mol. The highest BCUT2D eigenvalue weighted by Gasteiger charge is 2.36. The molecule has 11 heteroatoms. The van der Waals surface area contributed by atoms with Crippen LogP contribution in [0.15, 0.2) is 24.7 Å². The quantitative estimate of drug-likeness (QED) is 0.809. The summed E-state index contributed by atoms with van der Waals surface area (Å²) < 4.78 is 58.5. The Kier molecular flexibility index (Phi) is 4.56. The van der Waals surface area contributed by atoms with E-state index in [1.165, 1.54) is 18.5 Å². The second-order valence-electron chi connectivity index (χ2n) is 6.90. The van der Waals surface area contributed by atoms with Crippen LogP contribution < -0.4 is 9.03 Å². The summed E-state index contributed by atoms with van der Waals surface area (Å²) >= 11 is -2.00. The van der Waals surface area contributed by atoms with Gasteiger partial charge in [-0.2, -0.15) is 0 Å². The maximum atomic E-state index is 15.1. The van der Waals surface area contributed by atoms with Crippen LogP contribution in [0.5, 0.6) is 5.75 Å². The van der Waals surface area contributed by atoms with Gasteiger partial charge in [-0.15, -0.1) is 0 Å². The third kappa shape index (κ3) is 3.34. The molecule has 2 heterocycles. The second-order valence-corrected chi connectivity index (χ2v) is 8.04. The molecule has 0 radical (unpaired) electrons. The Labute approximate surface area is 160 Å². The summed E-state index contributed by atoms with van der Waals surface area (Å²) in [6, 6.07) is 2.41. The Morgan fingerprint density at radius 1 is 1.29 bits per heavy atom. The predicted octanol–water partition coefficient (Wildman–Crippen LogP) is 2.66. The molecule has 1 unspecified atom stereocenters. The number of carbonyl (C=O) groups excluding carboxylic acids is 1.